The molecule has 90 valence electrons. The van der Waals surface area contributed by atoms with Gasteiger partial charge >= 0.3 is 0 Å². The molecule has 0 amide bonds. The molecule has 1 aliphatic rings. The Morgan fingerprint density at radius 3 is 3.00 bits per heavy atom. The van der Waals surface area contributed by atoms with Crippen LogP contribution < -0.4 is 11.1 Å². The van der Waals surface area contributed by atoms with Crippen LogP contribution in [0.4, 0.5) is 0 Å². The molecule has 0 radical (unpaired) electrons. The van der Waals surface area contributed by atoms with Crippen LogP contribution in [0.2, 0.25) is 0 Å². The van der Waals surface area contributed by atoms with E-state index in [1.807, 2.05) is 0 Å². The maximum Gasteiger partial charge on any atom is 0.0509 e. The summed E-state index contributed by atoms with van der Waals surface area (Å²) in [7, 11) is 1.71. The molecule has 1 rings (SSSR count). The maximum absolute atomic E-state index is 5.93. The zero-order chi connectivity index (χ0) is 11.1. The van der Waals surface area contributed by atoms with Crippen LogP contribution >= 0.6 is 0 Å². The monoisotopic (exact) mass is 216 g/mol. The van der Waals surface area contributed by atoms with Crippen molar-refractivity contribution in [1.82, 2.24) is 5.32 Å². The average Bonchev–Trinajstić information content (AvgIpc) is 2.76. The van der Waals surface area contributed by atoms with E-state index in [2.05, 4.69) is 12.2 Å². The van der Waals surface area contributed by atoms with E-state index >= 15 is 0 Å². The van der Waals surface area contributed by atoms with E-state index in [1.54, 1.807) is 7.11 Å². The normalized spacial score (nSPS) is 25.4. The van der Waals surface area contributed by atoms with Crippen LogP contribution in [0.5, 0.6) is 0 Å². The average molecular weight is 216 g/mol. The molecule has 4 nitrogen and oxygen atoms in total. The first-order valence-electron chi connectivity index (χ1n) is 5.79. The summed E-state index contributed by atoms with van der Waals surface area (Å²) in [6.07, 6.45) is 2.08. The summed E-state index contributed by atoms with van der Waals surface area (Å²) >= 11 is 0. The minimum atomic E-state index is 0.190. The van der Waals surface area contributed by atoms with Crippen molar-refractivity contribution in [1.29, 1.82) is 0 Å². The third-order valence-corrected chi connectivity index (χ3v) is 3.07. The van der Waals surface area contributed by atoms with Crippen molar-refractivity contribution in [2.45, 2.75) is 31.8 Å². The lowest BCUT2D eigenvalue weighted by Gasteiger charge is -2.21. The van der Waals surface area contributed by atoms with Gasteiger partial charge in [0.2, 0.25) is 0 Å². The van der Waals surface area contributed by atoms with Gasteiger partial charge in [0, 0.05) is 39.0 Å². The summed E-state index contributed by atoms with van der Waals surface area (Å²) in [5, 5.41) is 3.47. The molecule has 1 saturated heterocycles. The predicted molar refractivity (Wildman–Crippen MR) is 60.9 cm³/mol. The first-order chi connectivity index (χ1) is 7.24. The van der Waals surface area contributed by atoms with Crippen molar-refractivity contribution in [2.24, 2.45) is 11.7 Å². The highest BCUT2D eigenvalue weighted by atomic mass is 16.5. The Morgan fingerprint density at radius 1 is 1.60 bits per heavy atom. The third kappa shape index (κ3) is 4.93. The van der Waals surface area contributed by atoms with Crippen molar-refractivity contribution in [3.05, 3.63) is 0 Å². The molecule has 0 aromatic carbocycles. The number of hydrogen-bond donors (Lipinski definition) is 2. The smallest absolute Gasteiger partial charge is 0.0509 e. The molecular formula is C11H24N2O2. The Morgan fingerprint density at radius 2 is 2.40 bits per heavy atom. The fraction of sp³-hybridized carbons (Fsp3) is 1.00. The van der Waals surface area contributed by atoms with E-state index in [9.17, 15) is 0 Å². The maximum atomic E-state index is 5.93. The van der Waals surface area contributed by atoms with Gasteiger partial charge in [-0.3, -0.25) is 0 Å². The van der Waals surface area contributed by atoms with Crippen LogP contribution in [0.3, 0.4) is 0 Å². The lowest BCUT2D eigenvalue weighted by atomic mass is 10.0. The van der Waals surface area contributed by atoms with Crippen molar-refractivity contribution >= 4 is 0 Å². The number of nitrogens with two attached hydrogens (primary N) is 1. The highest BCUT2D eigenvalue weighted by molar-refractivity contribution is 4.77. The fourth-order valence-corrected chi connectivity index (χ4v) is 1.82. The molecule has 0 aliphatic carbocycles. The van der Waals surface area contributed by atoms with Crippen LogP contribution in [-0.4, -0.2) is 45.6 Å². The molecule has 0 saturated carbocycles. The van der Waals surface area contributed by atoms with Gasteiger partial charge in [0.15, 0.2) is 0 Å². The van der Waals surface area contributed by atoms with Gasteiger partial charge in [0.05, 0.1) is 6.61 Å². The molecule has 3 unspecified atom stereocenters. The molecule has 4 heteroatoms. The van der Waals surface area contributed by atoms with Crippen LogP contribution in [0.15, 0.2) is 0 Å². The fourth-order valence-electron chi connectivity index (χ4n) is 1.82. The first-order valence-corrected chi connectivity index (χ1v) is 5.79. The van der Waals surface area contributed by atoms with Crippen LogP contribution in [0.25, 0.3) is 0 Å². The molecule has 3 N–H and O–H groups in total. The van der Waals surface area contributed by atoms with Crippen molar-refractivity contribution < 1.29 is 9.47 Å². The molecule has 0 bridgehead atoms. The summed E-state index contributed by atoms with van der Waals surface area (Å²) in [6, 6.07) is 0.691. The van der Waals surface area contributed by atoms with E-state index in [0.717, 1.165) is 32.8 Å². The topological polar surface area (TPSA) is 56.5 Å². The highest BCUT2D eigenvalue weighted by Gasteiger charge is 2.21. The summed E-state index contributed by atoms with van der Waals surface area (Å²) in [4.78, 5) is 0. The van der Waals surface area contributed by atoms with Gasteiger partial charge in [-0.25, -0.2) is 0 Å². The summed E-state index contributed by atoms with van der Waals surface area (Å²) in [6.45, 7) is 5.61. The van der Waals surface area contributed by atoms with Crippen LogP contribution in [-0.2, 0) is 9.47 Å². The zero-order valence-corrected chi connectivity index (χ0v) is 9.87. The Hall–Kier alpha value is -0.160. The minimum absolute atomic E-state index is 0.190. The second-order valence-corrected chi connectivity index (χ2v) is 4.36. The molecular weight excluding hydrogens is 192 g/mol. The zero-order valence-electron chi connectivity index (χ0n) is 9.87. The minimum Gasteiger partial charge on any atom is -0.385 e. The highest BCUT2D eigenvalue weighted by Crippen LogP contribution is 2.16. The lowest BCUT2D eigenvalue weighted by molar-refractivity contribution is 0.175. The molecule has 0 spiro atoms. The summed E-state index contributed by atoms with van der Waals surface area (Å²) < 4.78 is 10.3. The Balaban J connectivity index is 2.07. The number of methoxy groups -OCH3 is 1. The quantitative estimate of drug-likeness (QED) is 0.645. The van der Waals surface area contributed by atoms with Gasteiger partial charge in [-0.2, -0.15) is 0 Å². The van der Waals surface area contributed by atoms with E-state index in [1.165, 1.54) is 6.42 Å². The molecule has 0 aromatic rings. The SMILES string of the molecule is COCCC(N)CNC(C)C1CCOC1. The molecule has 1 fully saturated rings. The van der Waals surface area contributed by atoms with Gasteiger partial charge in [-0.05, 0) is 25.7 Å². The van der Waals surface area contributed by atoms with Gasteiger partial charge in [-0.1, -0.05) is 0 Å². The second-order valence-electron chi connectivity index (χ2n) is 4.36. The lowest BCUT2D eigenvalue weighted by Crippen LogP contribution is -2.42. The summed E-state index contributed by atoms with van der Waals surface area (Å²) in [5.41, 5.74) is 5.93. The molecule has 0 aromatic heterocycles. The van der Waals surface area contributed by atoms with Crippen molar-refractivity contribution in [3.8, 4) is 0 Å². The van der Waals surface area contributed by atoms with Crippen molar-refractivity contribution in [3.63, 3.8) is 0 Å². The molecule has 1 aliphatic heterocycles. The van der Waals surface area contributed by atoms with Gasteiger partial charge in [0.25, 0.3) is 0 Å². The van der Waals surface area contributed by atoms with Gasteiger partial charge < -0.3 is 20.5 Å². The standard InChI is InChI=1S/C11H24N2O2/c1-9(10-3-6-15-8-10)13-7-11(12)4-5-14-2/h9-11,13H,3-8,12H2,1-2H3. The van der Waals surface area contributed by atoms with Crippen LogP contribution in [0, 0.1) is 5.92 Å². The molecule has 1 heterocycles. The number of hydrogen-bond acceptors (Lipinski definition) is 4. The number of rotatable bonds is 7. The van der Waals surface area contributed by atoms with Gasteiger partial charge in [0.1, 0.15) is 0 Å². The van der Waals surface area contributed by atoms with E-state index in [0.29, 0.717) is 12.0 Å². The third-order valence-electron chi connectivity index (χ3n) is 3.07. The van der Waals surface area contributed by atoms with Crippen molar-refractivity contribution in [2.75, 3.05) is 33.5 Å². The number of ether oxygens (including phenoxy) is 2. The van der Waals surface area contributed by atoms with E-state index < -0.39 is 0 Å². The van der Waals surface area contributed by atoms with E-state index in [-0.39, 0.29) is 6.04 Å². The van der Waals surface area contributed by atoms with E-state index in [4.69, 9.17) is 15.2 Å². The predicted octanol–water partition coefficient (Wildman–Crippen LogP) is 0.365. The van der Waals surface area contributed by atoms with Gasteiger partial charge in [-0.15, -0.1) is 0 Å². The number of nitrogens with one attached hydrogen (secondary N) is 1. The Bertz CT molecular complexity index is 161. The van der Waals surface area contributed by atoms with Crippen LogP contribution in [0.1, 0.15) is 19.8 Å². The molecule has 3 atom stereocenters. The first kappa shape index (κ1) is 12.9. The molecule has 15 heavy (non-hydrogen) atoms. The Labute approximate surface area is 92.5 Å². The largest absolute Gasteiger partial charge is 0.385 e. The summed E-state index contributed by atoms with van der Waals surface area (Å²) in [5.74, 6) is 0.652. The Kier molecular flexibility index (Phi) is 6.17. The second kappa shape index (κ2) is 7.17.